The van der Waals surface area contributed by atoms with Gasteiger partial charge in [-0.05, 0) is 55.6 Å². The van der Waals surface area contributed by atoms with E-state index in [2.05, 4.69) is 0 Å². The number of para-hydroxylation sites is 1. The predicted molar refractivity (Wildman–Crippen MR) is 151 cm³/mol. The Labute approximate surface area is 225 Å². The Balaban J connectivity index is 1.73. The second kappa shape index (κ2) is 10.1. The van der Waals surface area contributed by atoms with Gasteiger partial charge in [-0.15, -0.1) is 22.7 Å². The van der Waals surface area contributed by atoms with Crippen LogP contribution in [-0.2, 0) is 7.05 Å². The number of thiazole rings is 1. The molecule has 0 N–H and O–H groups in total. The van der Waals surface area contributed by atoms with Crippen molar-refractivity contribution in [3.05, 3.63) is 108 Å². The van der Waals surface area contributed by atoms with Crippen molar-refractivity contribution in [2.45, 2.75) is 13.8 Å². The van der Waals surface area contributed by atoms with E-state index in [0.717, 1.165) is 27.5 Å². The molecule has 0 aliphatic heterocycles. The van der Waals surface area contributed by atoms with Crippen molar-refractivity contribution < 1.29 is 0 Å². The fourth-order valence-corrected chi connectivity index (χ4v) is 5.88. The van der Waals surface area contributed by atoms with Gasteiger partial charge in [0.1, 0.15) is 0 Å². The molecule has 0 amide bonds. The monoisotopic (exact) mass is 553 g/mol. The van der Waals surface area contributed by atoms with Crippen LogP contribution in [0.3, 0.4) is 0 Å². The second-order valence-corrected chi connectivity index (χ2v) is 10.7. The average Bonchev–Trinajstić information content (AvgIpc) is 3.58. The molecule has 0 radical (unpaired) electrons. The fraction of sp³-hybridized carbons (Fsp3) is 0.115. The minimum absolute atomic E-state index is 0.197. The maximum absolute atomic E-state index is 13.5. The number of rotatable bonds is 5. The first-order chi connectivity index (χ1) is 17.3. The summed E-state index contributed by atoms with van der Waals surface area (Å²) < 4.78 is 5.20. The first-order valence-electron chi connectivity index (χ1n) is 11.0. The molecule has 5 aromatic rings. The summed E-state index contributed by atoms with van der Waals surface area (Å²) in [6.45, 7) is 3.76. The summed E-state index contributed by atoms with van der Waals surface area (Å²) in [5.74, 6) is 0. The Morgan fingerprint density at radius 1 is 1.00 bits per heavy atom. The van der Waals surface area contributed by atoms with Gasteiger partial charge in [0.15, 0.2) is 5.69 Å². The molecular formula is C26H21Cl2N5OS2. The smallest absolute Gasteiger partial charge is 0.283 e. The zero-order valence-electron chi connectivity index (χ0n) is 19.6. The van der Waals surface area contributed by atoms with E-state index in [0.29, 0.717) is 26.2 Å². The number of hydrogen-bond donors (Lipinski definition) is 0. The van der Waals surface area contributed by atoms with Crippen molar-refractivity contribution >= 4 is 57.3 Å². The highest BCUT2D eigenvalue weighted by Gasteiger charge is 2.17. The Morgan fingerprint density at radius 2 is 1.78 bits per heavy atom. The second-order valence-electron chi connectivity index (χ2n) is 8.02. The molecule has 36 heavy (non-hydrogen) atoms. The third kappa shape index (κ3) is 4.53. The molecule has 10 heteroatoms. The van der Waals surface area contributed by atoms with Gasteiger partial charge in [-0.1, -0.05) is 47.5 Å². The summed E-state index contributed by atoms with van der Waals surface area (Å²) in [6, 6.07) is 18.8. The average molecular weight is 555 g/mol. The number of nitrogens with zero attached hydrogens (tertiary/aromatic N) is 5. The Kier molecular flexibility index (Phi) is 6.85. The maximum Gasteiger partial charge on any atom is 0.297 e. The van der Waals surface area contributed by atoms with Gasteiger partial charge in [-0.2, -0.15) is 5.10 Å². The van der Waals surface area contributed by atoms with E-state index in [1.807, 2.05) is 78.8 Å². The molecule has 0 saturated carbocycles. The zero-order chi connectivity index (χ0) is 25.4. The molecule has 0 aliphatic carbocycles. The molecule has 0 saturated heterocycles. The van der Waals surface area contributed by atoms with Crippen molar-refractivity contribution in [2.24, 2.45) is 17.1 Å². The number of aromatic nitrogens is 3. The summed E-state index contributed by atoms with van der Waals surface area (Å²) in [6.07, 6.45) is 0. The van der Waals surface area contributed by atoms with Crippen LogP contribution in [0.15, 0.2) is 86.3 Å². The lowest BCUT2D eigenvalue weighted by Crippen LogP contribution is -2.20. The van der Waals surface area contributed by atoms with Gasteiger partial charge in [0.05, 0.1) is 27.7 Å². The van der Waals surface area contributed by atoms with Crippen LogP contribution in [-0.4, -0.2) is 19.8 Å². The van der Waals surface area contributed by atoms with Gasteiger partial charge in [0.25, 0.3) is 5.56 Å². The predicted octanol–water partition coefficient (Wildman–Crippen LogP) is 6.89. The molecule has 0 aliphatic rings. The minimum Gasteiger partial charge on any atom is -0.283 e. The third-order valence-corrected chi connectivity index (χ3v) is 8.03. The van der Waals surface area contributed by atoms with Crippen molar-refractivity contribution in [3.8, 4) is 16.3 Å². The van der Waals surface area contributed by atoms with Gasteiger partial charge in [0, 0.05) is 28.0 Å². The molecule has 0 spiro atoms. The van der Waals surface area contributed by atoms with Crippen LogP contribution in [0, 0.1) is 6.92 Å². The SMILES string of the molecule is CC(=Nn1c(-c2cccs2)csc1=Nc1c(C)n(C)n(-c2ccccc2)c1=O)c1cc(Cl)ccc1Cl. The van der Waals surface area contributed by atoms with Crippen LogP contribution >= 0.6 is 45.9 Å². The fourth-order valence-electron chi connectivity index (χ4n) is 3.83. The molecule has 2 aromatic carbocycles. The molecule has 3 heterocycles. The van der Waals surface area contributed by atoms with Gasteiger partial charge < -0.3 is 0 Å². The quantitative estimate of drug-likeness (QED) is 0.218. The summed E-state index contributed by atoms with van der Waals surface area (Å²) in [7, 11) is 1.85. The third-order valence-electron chi connectivity index (χ3n) is 5.76. The summed E-state index contributed by atoms with van der Waals surface area (Å²) in [5, 5.41) is 10.0. The molecular weight excluding hydrogens is 533 g/mol. The van der Waals surface area contributed by atoms with Crippen LogP contribution in [0.4, 0.5) is 5.69 Å². The molecule has 0 atom stereocenters. The van der Waals surface area contributed by atoms with E-state index >= 15 is 0 Å². The summed E-state index contributed by atoms with van der Waals surface area (Å²) >= 11 is 15.7. The summed E-state index contributed by atoms with van der Waals surface area (Å²) in [4.78, 5) is 19.9. The van der Waals surface area contributed by atoms with Crippen molar-refractivity contribution in [1.29, 1.82) is 0 Å². The van der Waals surface area contributed by atoms with Crippen molar-refractivity contribution in [3.63, 3.8) is 0 Å². The van der Waals surface area contributed by atoms with E-state index in [9.17, 15) is 4.79 Å². The Bertz CT molecular complexity index is 1710. The highest BCUT2D eigenvalue weighted by Crippen LogP contribution is 2.27. The van der Waals surface area contributed by atoms with Crippen LogP contribution < -0.4 is 10.4 Å². The van der Waals surface area contributed by atoms with E-state index < -0.39 is 0 Å². The highest BCUT2D eigenvalue weighted by molar-refractivity contribution is 7.14. The van der Waals surface area contributed by atoms with Gasteiger partial charge in [0.2, 0.25) is 4.80 Å². The molecule has 0 fully saturated rings. The van der Waals surface area contributed by atoms with E-state index in [4.69, 9.17) is 33.3 Å². The van der Waals surface area contributed by atoms with Crippen LogP contribution in [0.25, 0.3) is 16.3 Å². The van der Waals surface area contributed by atoms with Gasteiger partial charge in [-0.3, -0.25) is 9.48 Å². The van der Waals surface area contributed by atoms with Crippen molar-refractivity contribution in [2.75, 3.05) is 0 Å². The van der Waals surface area contributed by atoms with Crippen LogP contribution in [0.1, 0.15) is 18.2 Å². The molecule has 6 nitrogen and oxygen atoms in total. The molecule has 3 aromatic heterocycles. The Morgan fingerprint density at radius 3 is 2.50 bits per heavy atom. The minimum atomic E-state index is -0.197. The van der Waals surface area contributed by atoms with Gasteiger partial charge in [-0.25, -0.2) is 14.4 Å². The first kappa shape index (κ1) is 24.5. The number of hydrogen-bond acceptors (Lipinski definition) is 5. The lowest BCUT2D eigenvalue weighted by atomic mass is 10.1. The lowest BCUT2D eigenvalue weighted by molar-refractivity contribution is 0.630. The molecule has 0 bridgehead atoms. The number of benzene rings is 2. The first-order valence-corrected chi connectivity index (χ1v) is 13.5. The molecule has 5 rings (SSSR count). The summed E-state index contributed by atoms with van der Waals surface area (Å²) in [5.41, 5.74) is 3.97. The number of halogens is 2. The van der Waals surface area contributed by atoms with E-state index in [1.54, 1.807) is 38.9 Å². The van der Waals surface area contributed by atoms with Crippen LogP contribution in [0.5, 0.6) is 0 Å². The largest absolute Gasteiger partial charge is 0.297 e. The van der Waals surface area contributed by atoms with Crippen LogP contribution in [0.2, 0.25) is 10.0 Å². The highest BCUT2D eigenvalue weighted by atomic mass is 35.5. The topological polar surface area (TPSA) is 56.6 Å². The molecule has 0 unspecified atom stereocenters. The van der Waals surface area contributed by atoms with Gasteiger partial charge >= 0.3 is 0 Å². The van der Waals surface area contributed by atoms with E-state index in [-0.39, 0.29) is 5.56 Å². The molecule has 182 valence electrons. The standard InChI is InChI=1S/C26H21Cl2N5OS2/c1-16(20-14-18(27)11-12-21(20)28)30-32-22(23-10-7-13-35-23)15-36-26(32)29-24-17(2)31(3)33(25(24)34)19-8-5-4-6-9-19/h4-15H,1-3H3. The lowest BCUT2D eigenvalue weighted by Gasteiger charge is -2.07. The number of thiophene rings is 1. The normalized spacial score (nSPS) is 12.5. The van der Waals surface area contributed by atoms with Crippen molar-refractivity contribution in [1.82, 2.24) is 14.0 Å². The maximum atomic E-state index is 13.5. The Hall–Kier alpha value is -3.17. The zero-order valence-corrected chi connectivity index (χ0v) is 22.8. The van der Waals surface area contributed by atoms with E-state index in [1.165, 1.54) is 11.3 Å².